The van der Waals surface area contributed by atoms with Crippen molar-refractivity contribution in [1.82, 2.24) is 10.3 Å². The maximum atomic E-state index is 13.5. The number of carbonyl (C=O) groups excluding carboxylic acids is 2. The molecular weight excluding hydrogens is 511 g/mol. The van der Waals surface area contributed by atoms with Crippen LogP contribution in [0, 0.1) is 11.3 Å². The lowest BCUT2D eigenvalue weighted by molar-refractivity contribution is -0.137. The number of halogens is 3. The van der Waals surface area contributed by atoms with Crippen LogP contribution in [0.15, 0.2) is 54.2 Å². The highest BCUT2D eigenvalue weighted by Crippen LogP contribution is 2.39. The van der Waals surface area contributed by atoms with E-state index in [4.69, 9.17) is 17.5 Å². The number of rotatable bonds is 5. The highest BCUT2D eigenvalue weighted by Gasteiger charge is 2.50. The zero-order valence-electron chi connectivity index (χ0n) is 19.0. The Balaban J connectivity index is 1.59. The molecule has 0 radical (unpaired) electrons. The molecule has 12 heteroatoms. The van der Waals surface area contributed by atoms with Crippen molar-refractivity contribution in [3.8, 4) is 6.07 Å². The highest BCUT2D eigenvalue weighted by atomic mass is 32.1. The Kier molecular flexibility index (Phi) is 6.55. The quantitative estimate of drug-likeness (QED) is 0.474. The van der Waals surface area contributed by atoms with E-state index in [1.165, 1.54) is 29.7 Å². The zero-order valence-corrected chi connectivity index (χ0v) is 20.6. The zero-order chi connectivity index (χ0) is 26.3. The van der Waals surface area contributed by atoms with Gasteiger partial charge in [0.1, 0.15) is 10.4 Å². The van der Waals surface area contributed by atoms with Gasteiger partial charge in [-0.15, -0.1) is 11.3 Å². The maximum absolute atomic E-state index is 13.5. The van der Waals surface area contributed by atoms with Gasteiger partial charge in [0.25, 0.3) is 11.8 Å². The highest BCUT2D eigenvalue weighted by molar-refractivity contribution is 7.81. The van der Waals surface area contributed by atoms with Crippen LogP contribution in [-0.4, -0.2) is 27.4 Å². The fraction of sp³-hybridized carbons (Fsp3) is 0.208. The third-order valence-electron chi connectivity index (χ3n) is 5.66. The number of alkyl halides is 3. The fourth-order valence-corrected chi connectivity index (χ4v) is 4.88. The van der Waals surface area contributed by atoms with Gasteiger partial charge in [-0.3, -0.25) is 19.5 Å². The molecule has 0 saturated carbocycles. The molecule has 0 atom stereocenters. The molecular formula is C24H18F3N5O2S2. The van der Waals surface area contributed by atoms with Crippen LogP contribution in [0.2, 0.25) is 0 Å². The van der Waals surface area contributed by atoms with E-state index in [-0.39, 0.29) is 23.3 Å². The normalized spacial score (nSPS) is 15.2. The van der Waals surface area contributed by atoms with E-state index in [0.717, 1.165) is 22.6 Å². The van der Waals surface area contributed by atoms with Crippen LogP contribution in [0.3, 0.4) is 0 Å². The van der Waals surface area contributed by atoms with Crippen LogP contribution in [-0.2, 0) is 17.5 Å². The molecule has 0 unspecified atom stereocenters. The van der Waals surface area contributed by atoms with Gasteiger partial charge in [-0.2, -0.15) is 18.4 Å². The lowest BCUT2D eigenvalue weighted by Gasteiger charge is -2.29. The molecule has 1 aromatic heterocycles. The number of benzene rings is 2. The summed E-state index contributed by atoms with van der Waals surface area (Å²) in [5, 5.41) is 11.9. The van der Waals surface area contributed by atoms with E-state index >= 15 is 0 Å². The Morgan fingerprint density at radius 3 is 2.44 bits per heavy atom. The number of nitriles is 1. The van der Waals surface area contributed by atoms with Crippen LogP contribution in [0.25, 0.3) is 0 Å². The minimum atomic E-state index is -4.77. The first-order chi connectivity index (χ1) is 16.9. The minimum absolute atomic E-state index is 0.00841. The van der Waals surface area contributed by atoms with E-state index in [9.17, 15) is 22.8 Å². The molecule has 2 aromatic carbocycles. The molecule has 2 heterocycles. The van der Waals surface area contributed by atoms with Gasteiger partial charge in [0.2, 0.25) is 0 Å². The number of amides is 2. The van der Waals surface area contributed by atoms with E-state index in [0.29, 0.717) is 10.6 Å². The SMILES string of the molecule is CC1(C)C(=O)N(c2ccc(C#N)c(C(F)(F)F)c2)C(=S)N1c1ccc(CNC(=O)c2cncs2)cc1. The smallest absolute Gasteiger partial charge is 0.347 e. The average molecular weight is 530 g/mol. The van der Waals surface area contributed by atoms with Gasteiger partial charge in [-0.25, -0.2) is 0 Å². The molecule has 1 aliphatic heterocycles. The minimum Gasteiger partial charge on any atom is -0.347 e. The van der Waals surface area contributed by atoms with Crippen molar-refractivity contribution < 1.29 is 22.8 Å². The van der Waals surface area contributed by atoms with Gasteiger partial charge in [0, 0.05) is 12.2 Å². The summed E-state index contributed by atoms with van der Waals surface area (Å²) in [6.07, 6.45) is -3.29. The third kappa shape index (κ3) is 4.55. The van der Waals surface area contributed by atoms with Crippen molar-refractivity contribution in [1.29, 1.82) is 5.26 Å². The number of nitrogens with zero attached hydrogens (tertiary/aromatic N) is 4. The number of hydrogen-bond acceptors (Lipinski definition) is 6. The largest absolute Gasteiger partial charge is 0.417 e. The molecule has 7 nitrogen and oxygen atoms in total. The Morgan fingerprint density at radius 1 is 1.19 bits per heavy atom. The van der Waals surface area contributed by atoms with Crippen molar-refractivity contribution in [3.05, 3.63) is 75.7 Å². The van der Waals surface area contributed by atoms with E-state index < -0.39 is 28.7 Å². The summed E-state index contributed by atoms with van der Waals surface area (Å²) in [4.78, 5) is 32.4. The van der Waals surface area contributed by atoms with E-state index in [1.54, 1.807) is 48.5 Å². The molecule has 1 fully saturated rings. The van der Waals surface area contributed by atoms with Crippen molar-refractivity contribution in [2.24, 2.45) is 0 Å². The molecule has 36 heavy (non-hydrogen) atoms. The van der Waals surface area contributed by atoms with Crippen LogP contribution in [0.4, 0.5) is 24.5 Å². The van der Waals surface area contributed by atoms with Gasteiger partial charge >= 0.3 is 6.18 Å². The number of carbonyl (C=O) groups is 2. The Bertz CT molecular complexity index is 1380. The Labute approximate surface area is 213 Å². The summed E-state index contributed by atoms with van der Waals surface area (Å²) in [6, 6.07) is 11.6. The number of anilines is 2. The molecule has 184 valence electrons. The monoisotopic (exact) mass is 529 g/mol. The molecule has 3 aromatic rings. The first-order valence-corrected chi connectivity index (χ1v) is 11.8. The van der Waals surface area contributed by atoms with Crippen LogP contribution in [0.1, 0.15) is 40.2 Å². The predicted molar refractivity (Wildman–Crippen MR) is 133 cm³/mol. The molecule has 1 saturated heterocycles. The topological polar surface area (TPSA) is 89.3 Å². The first-order valence-electron chi connectivity index (χ1n) is 10.5. The summed E-state index contributed by atoms with van der Waals surface area (Å²) in [5.74, 6) is -0.753. The Hall–Kier alpha value is -3.82. The van der Waals surface area contributed by atoms with Gasteiger partial charge in [0.05, 0.1) is 34.6 Å². The van der Waals surface area contributed by atoms with Crippen LogP contribution in [0.5, 0.6) is 0 Å². The average Bonchev–Trinajstić information content (AvgIpc) is 3.43. The number of aromatic nitrogens is 1. The van der Waals surface area contributed by atoms with Crippen molar-refractivity contribution in [3.63, 3.8) is 0 Å². The fourth-order valence-electron chi connectivity index (χ4n) is 3.82. The van der Waals surface area contributed by atoms with Gasteiger partial charge < -0.3 is 10.2 Å². The van der Waals surface area contributed by atoms with E-state index in [2.05, 4.69) is 10.3 Å². The third-order valence-corrected chi connectivity index (χ3v) is 6.80. The number of nitrogens with one attached hydrogen (secondary N) is 1. The predicted octanol–water partition coefficient (Wildman–Crippen LogP) is 4.88. The molecule has 0 spiro atoms. The van der Waals surface area contributed by atoms with Gasteiger partial charge in [-0.05, 0) is 62.0 Å². The van der Waals surface area contributed by atoms with Gasteiger partial charge in [0.15, 0.2) is 5.11 Å². The molecule has 4 rings (SSSR count). The molecule has 0 aliphatic carbocycles. The maximum Gasteiger partial charge on any atom is 0.417 e. The number of thiazole rings is 1. The second-order valence-electron chi connectivity index (χ2n) is 8.37. The molecule has 1 N–H and O–H groups in total. The summed E-state index contributed by atoms with van der Waals surface area (Å²) < 4.78 is 40.5. The van der Waals surface area contributed by atoms with Crippen molar-refractivity contribution in [2.45, 2.75) is 32.1 Å². The summed E-state index contributed by atoms with van der Waals surface area (Å²) >= 11 is 6.77. The summed E-state index contributed by atoms with van der Waals surface area (Å²) in [5.41, 5.74) is -0.0266. The number of thiocarbonyl (C=S) groups is 1. The van der Waals surface area contributed by atoms with Crippen LogP contribution >= 0.6 is 23.6 Å². The summed E-state index contributed by atoms with van der Waals surface area (Å²) in [6.45, 7) is 3.51. The van der Waals surface area contributed by atoms with E-state index in [1.807, 2.05) is 0 Å². The molecule has 1 aliphatic rings. The standard InChI is InChI=1S/C24H18F3N5O2S2/c1-23(2)21(34)31(17-8-5-15(10-28)18(9-17)24(25,26)27)22(35)32(23)16-6-3-14(4-7-16)11-30-20(33)19-12-29-13-36-19/h3-9,12-13H,11H2,1-2H3,(H,30,33). The van der Waals surface area contributed by atoms with Crippen molar-refractivity contribution in [2.75, 3.05) is 9.80 Å². The molecule has 2 amide bonds. The lowest BCUT2D eigenvalue weighted by Crippen LogP contribution is -2.44. The first kappa shape index (κ1) is 25.3. The Morgan fingerprint density at radius 2 is 1.86 bits per heavy atom. The molecule has 0 bridgehead atoms. The second-order valence-corrected chi connectivity index (χ2v) is 9.62. The second kappa shape index (κ2) is 9.33. The van der Waals surface area contributed by atoms with Gasteiger partial charge in [-0.1, -0.05) is 12.1 Å². The number of hydrogen-bond donors (Lipinski definition) is 1. The van der Waals surface area contributed by atoms with Crippen molar-refractivity contribution >= 4 is 51.9 Å². The summed E-state index contributed by atoms with van der Waals surface area (Å²) in [7, 11) is 0. The lowest BCUT2D eigenvalue weighted by atomic mass is 10.0. The van der Waals surface area contributed by atoms with Crippen LogP contribution < -0.4 is 15.1 Å².